The molecule has 0 aromatic heterocycles. The Morgan fingerprint density at radius 3 is 2.53 bits per heavy atom. The van der Waals surface area contributed by atoms with Crippen molar-refractivity contribution in [2.24, 2.45) is 0 Å². The van der Waals surface area contributed by atoms with Crippen LogP contribution >= 0.6 is 0 Å². The molecule has 0 radical (unpaired) electrons. The molecule has 0 bridgehead atoms. The van der Waals surface area contributed by atoms with Crippen LogP contribution in [0.5, 0.6) is 0 Å². The van der Waals surface area contributed by atoms with Crippen LogP contribution in [0.1, 0.15) is 45.2 Å². The molecule has 0 saturated carbocycles. The molecule has 1 atom stereocenters. The number of hydrogen-bond acceptors (Lipinski definition) is 2. The first kappa shape index (κ1) is 13.6. The molecule has 3 N–H and O–H groups in total. The van der Waals surface area contributed by atoms with Crippen LogP contribution in [-0.4, -0.2) is 11.2 Å². The summed E-state index contributed by atoms with van der Waals surface area (Å²) in [5, 5.41) is 9.42. The fourth-order valence-electron chi connectivity index (χ4n) is 1.39. The molecule has 1 unspecified atom stereocenters. The molecule has 17 heavy (non-hydrogen) atoms. The number of benzene rings is 1. The molecule has 1 aromatic carbocycles. The summed E-state index contributed by atoms with van der Waals surface area (Å²) in [5.74, 6) is 5.74. The molecule has 1 aromatic rings. The Bertz CT molecular complexity index is 446. The number of anilines is 1. The molecule has 0 heterocycles. The molecule has 0 spiro atoms. The van der Waals surface area contributed by atoms with Crippen molar-refractivity contribution in [3.63, 3.8) is 0 Å². The molecule has 0 saturated heterocycles. The number of nitrogens with two attached hydrogens (primary N) is 1. The molecule has 0 fully saturated rings. The van der Waals surface area contributed by atoms with Crippen LogP contribution in [0, 0.1) is 11.8 Å². The van der Waals surface area contributed by atoms with Gasteiger partial charge in [-0.2, -0.15) is 0 Å². The zero-order valence-corrected chi connectivity index (χ0v) is 11.0. The number of aliphatic hydroxyl groups excluding tert-OH is 1. The van der Waals surface area contributed by atoms with E-state index in [1.165, 1.54) is 5.56 Å². The van der Waals surface area contributed by atoms with Crippen molar-refractivity contribution in [3.8, 4) is 11.8 Å². The first-order chi connectivity index (χ1) is 7.84. The van der Waals surface area contributed by atoms with Gasteiger partial charge in [0.1, 0.15) is 6.10 Å². The fraction of sp³-hybridized carbons (Fsp3) is 0.467. The average Bonchev–Trinajstić information content (AvgIpc) is 2.26. The minimum absolute atomic E-state index is 0.0769. The van der Waals surface area contributed by atoms with E-state index in [0.717, 1.165) is 5.56 Å². The molecule has 1 rings (SSSR count). The van der Waals surface area contributed by atoms with Crippen molar-refractivity contribution >= 4 is 5.69 Å². The number of aliphatic hydroxyl groups is 1. The van der Waals surface area contributed by atoms with Gasteiger partial charge < -0.3 is 10.8 Å². The number of rotatable bonds is 1. The molecule has 0 amide bonds. The van der Waals surface area contributed by atoms with Crippen molar-refractivity contribution in [2.75, 3.05) is 5.73 Å². The van der Waals surface area contributed by atoms with E-state index in [9.17, 15) is 5.11 Å². The lowest BCUT2D eigenvalue weighted by Crippen LogP contribution is -2.11. The van der Waals surface area contributed by atoms with Crippen molar-refractivity contribution in [3.05, 3.63) is 29.3 Å². The Labute approximate surface area is 104 Å². The summed E-state index contributed by atoms with van der Waals surface area (Å²) in [6.45, 7) is 8.35. The molecule has 92 valence electrons. The Balaban J connectivity index is 3.10. The van der Waals surface area contributed by atoms with Gasteiger partial charge in [0.2, 0.25) is 0 Å². The molecule has 0 aliphatic rings. The molecular weight excluding hydrogens is 210 g/mol. The SMILES string of the molecule is CCC(O)C#Cc1cc(C(C)(C)C)ccc1N. The standard InChI is InChI=1S/C15H21NO/c1-5-13(17)8-6-11-10-12(15(2,3)4)7-9-14(11)16/h7,9-10,13,17H,5,16H2,1-4H3. The average molecular weight is 231 g/mol. The van der Waals surface area contributed by atoms with Crippen molar-refractivity contribution < 1.29 is 5.11 Å². The van der Waals surface area contributed by atoms with Crippen molar-refractivity contribution in [1.29, 1.82) is 0 Å². The van der Waals surface area contributed by atoms with Gasteiger partial charge in [0.05, 0.1) is 0 Å². The van der Waals surface area contributed by atoms with Gasteiger partial charge >= 0.3 is 0 Å². The molecule has 0 aliphatic heterocycles. The van der Waals surface area contributed by atoms with E-state index in [4.69, 9.17) is 5.73 Å². The fourth-order valence-corrected chi connectivity index (χ4v) is 1.39. The smallest absolute Gasteiger partial charge is 0.114 e. The van der Waals surface area contributed by atoms with Crippen molar-refractivity contribution in [2.45, 2.75) is 45.6 Å². The third kappa shape index (κ3) is 3.80. The Morgan fingerprint density at radius 2 is 2.00 bits per heavy atom. The van der Waals surface area contributed by atoms with Crippen LogP contribution in [0.3, 0.4) is 0 Å². The van der Waals surface area contributed by atoms with Crippen LogP contribution in [0.25, 0.3) is 0 Å². The van der Waals surface area contributed by atoms with E-state index in [2.05, 4.69) is 32.6 Å². The lowest BCUT2D eigenvalue weighted by molar-refractivity contribution is 0.228. The predicted molar refractivity (Wildman–Crippen MR) is 72.7 cm³/mol. The first-order valence-electron chi connectivity index (χ1n) is 5.94. The van der Waals surface area contributed by atoms with E-state index >= 15 is 0 Å². The van der Waals surface area contributed by atoms with E-state index in [1.807, 2.05) is 25.1 Å². The van der Waals surface area contributed by atoms with E-state index in [-0.39, 0.29) is 5.41 Å². The highest BCUT2D eigenvalue weighted by Gasteiger charge is 2.14. The van der Waals surface area contributed by atoms with E-state index in [0.29, 0.717) is 12.1 Å². The second kappa shape index (κ2) is 5.25. The highest BCUT2D eigenvalue weighted by molar-refractivity contribution is 5.58. The summed E-state index contributed by atoms with van der Waals surface area (Å²) in [6.07, 6.45) is 0.0546. The topological polar surface area (TPSA) is 46.2 Å². The van der Waals surface area contributed by atoms with E-state index < -0.39 is 6.10 Å². The summed E-state index contributed by atoms with van der Waals surface area (Å²) >= 11 is 0. The van der Waals surface area contributed by atoms with Gasteiger partial charge in [-0.05, 0) is 29.5 Å². The maximum Gasteiger partial charge on any atom is 0.114 e. The minimum atomic E-state index is -0.576. The zero-order valence-electron chi connectivity index (χ0n) is 11.0. The molecule has 0 aliphatic carbocycles. The monoisotopic (exact) mass is 231 g/mol. The first-order valence-corrected chi connectivity index (χ1v) is 5.94. The summed E-state index contributed by atoms with van der Waals surface area (Å²) in [6, 6.07) is 5.91. The molecule has 2 heteroatoms. The van der Waals surface area contributed by atoms with Crippen LogP contribution in [-0.2, 0) is 5.41 Å². The third-order valence-electron chi connectivity index (χ3n) is 2.68. The summed E-state index contributed by atoms with van der Waals surface area (Å²) in [7, 11) is 0. The Morgan fingerprint density at radius 1 is 1.35 bits per heavy atom. The summed E-state index contributed by atoms with van der Waals surface area (Å²) in [4.78, 5) is 0. The second-order valence-electron chi connectivity index (χ2n) is 5.25. The summed E-state index contributed by atoms with van der Waals surface area (Å²) < 4.78 is 0. The third-order valence-corrected chi connectivity index (χ3v) is 2.68. The highest BCUT2D eigenvalue weighted by Crippen LogP contribution is 2.25. The Kier molecular flexibility index (Phi) is 4.20. The van der Waals surface area contributed by atoms with Gasteiger partial charge in [-0.1, -0.05) is 45.6 Å². The van der Waals surface area contributed by atoms with Crippen LogP contribution in [0.2, 0.25) is 0 Å². The maximum absolute atomic E-state index is 9.42. The predicted octanol–water partition coefficient (Wildman–Crippen LogP) is 2.69. The van der Waals surface area contributed by atoms with Gasteiger partial charge in [0, 0.05) is 11.3 Å². The lowest BCUT2D eigenvalue weighted by Gasteiger charge is -2.19. The van der Waals surface area contributed by atoms with Crippen LogP contribution in [0.4, 0.5) is 5.69 Å². The minimum Gasteiger partial charge on any atom is -0.398 e. The largest absolute Gasteiger partial charge is 0.398 e. The van der Waals surface area contributed by atoms with Crippen LogP contribution < -0.4 is 5.73 Å². The number of nitrogen functional groups attached to an aromatic ring is 1. The normalized spacial score (nSPS) is 12.8. The maximum atomic E-state index is 9.42. The number of hydrogen-bond donors (Lipinski definition) is 2. The van der Waals surface area contributed by atoms with Gasteiger partial charge in [-0.3, -0.25) is 0 Å². The molecule has 2 nitrogen and oxygen atoms in total. The highest BCUT2D eigenvalue weighted by atomic mass is 16.3. The lowest BCUT2D eigenvalue weighted by atomic mass is 9.86. The zero-order chi connectivity index (χ0) is 13.1. The van der Waals surface area contributed by atoms with Gasteiger partial charge in [-0.25, -0.2) is 0 Å². The van der Waals surface area contributed by atoms with Crippen LogP contribution in [0.15, 0.2) is 18.2 Å². The van der Waals surface area contributed by atoms with E-state index in [1.54, 1.807) is 0 Å². The van der Waals surface area contributed by atoms with Gasteiger partial charge in [-0.15, -0.1) is 0 Å². The molecular formula is C15H21NO. The van der Waals surface area contributed by atoms with Crippen molar-refractivity contribution in [1.82, 2.24) is 0 Å². The Hall–Kier alpha value is -1.46. The van der Waals surface area contributed by atoms with Gasteiger partial charge in [0.25, 0.3) is 0 Å². The van der Waals surface area contributed by atoms with Gasteiger partial charge in [0.15, 0.2) is 0 Å². The second-order valence-corrected chi connectivity index (χ2v) is 5.25. The quantitative estimate of drug-likeness (QED) is 0.576. The summed E-state index contributed by atoms with van der Waals surface area (Å²) in [5.41, 5.74) is 8.61.